The van der Waals surface area contributed by atoms with Crippen molar-refractivity contribution < 1.29 is 46.2 Å². The third kappa shape index (κ3) is 7.83. The molecule has 0 saturated carbocycles. The summed E-state index contributed by atoms with van der Waals surface area (Å²) < 4.78 is 68.9. The number of anilines is 3. The summed E-state index contributed by atoms with van der Waals surface area (Å²) in [6, 6.07) is 4.59. The molecule has 0 spiro atoms. The Labute approximate surface area is 254 Å². The van der Waals surface area contributed by atoms with Crippen molar-refractivity contribution in [3.8, 4) is 11.6 Å². The van der Waals surface area contributed by atoms with Crippen LogP contribution in [0.1, 0.15) is 32.7 Å². The molecule has 238 valence electrons. The maximum atomic E-state index is 13.8. The molecule has 12 nitrogen and oxygen atoms in total. The van der Waals surface area contributed by atoms with Crippen LogP contribution in [-0.2, 0) is 15.7 Å². The Morgan fingerprint density at radius 3 is 2.56 bits per heavy atom. The second kappa shape index (κ2) is 14.0. The number of alkyl halides is 3. The second-order valence-corrected chi connectivity index (χ2v) is 9.45. The van der Waals surface area contributed by atoms with Crippen molar-refractivity contribution >= 4 is 34.9 Å². The number of carbonyl (C=O) groups excluding carboxylic acids is 3. The summed E-state index contributed by atoms with van der Waals surface area (Å²) in [6.45, 7) is 4.92. The van der Waals surface area contributed by atoms with E-state index in [1.807, 2.05) is 0 Å². The molecule has 3 amide bonds. The number of hydrogen-bond donors (Lipinski definition) is 3. The van der Waals surface area contributed by atoms with Crippen LogP contribution < -0.4 is 25.4 Å². The van der Waals surface area contributed by atoms with Crippen LogP contribution in [0.4, 0.5) is 34.8 Å². The largest absolute Gasteiger partial charge is 0.496 e. The predicted molar refractivity (Wildman–Crippen MR) is 154 cm³/mol. The van der Waals surface area contributed by atoms with Crippen molar-refractivity contribution in [1.82, 2.24) is 14.9 Å². The minimum atomic E-state index is -4.99. The molecule has 16 heteroatoms. The van der Waals surface area contributed by atoms with Crippen LogP contribution in [0.25, 0.3) is 0 Å². The zero-order valence-corrected chi connectivity index (χ0v) is 24.1. The fraction of sp³-hybridized carbons (Fsp3) is 0.276. The van der Waals surface area contributed by atoms with Gasteiger partial charge in [-0.25, -0.2) is 14.4 Å². The van der Waals surface area contributed by atoms with E-state index in [0.29, 0.717) is 37.4 Å². The highest BCUT2D eigenvalue weighted by Gasteiger charge is 2.34. The first-order valence-electron chi connectivity index (χ1n) is 13.3. The van der Waals surface area contributed by atoms with Gasteiger partial charge >= 0.3 is 6.18 Å². The number of nitrogens with zero attached hydrogens (tertiary/aromatic N) is 3. The van der Waals surface area contributed by atoms with Gasteiger partial charge in [0.2, 0.25) is 5.88 Å². The molecule has 0 atom stereocenters. The molecule has 1 aromatic carbocycles. The van der Waals surface area contributed by atoms with E-state index in [4.69, 9.17) is 14.2 Å². The fourth-order valence-electron chi connectivity index (χ4n) is 4.32. The van der Waals surface area contributed by atoms with Crippen molar-refractivity contribution in [2.45, 2.75) is 12.6 Å². The summed E-state index contributed by atoms with van der Waals surface area (Å²) in [7, 11) is 2.62. The van der Waals surface area contributed by atoms with Crippen molar-refractivity contribution in [3.05, 3.63) is 77.5 Å². The Kier molecular flexibility index (Phi) is 10.2. The number of aromatic nitrogens is 2. The highest BCUT2D eigenvalue weighted by molar-refractivity contribution is 6.14. The number of carbonyl (C=O) groups is 3. The summed E-state index contributed by atoms with van der Waals surface area (Å²) >= 11 is 0. The number of methoxy groups -OCH3 is 2. The van der Waals surface area contributed by atoms with E-state index in [9.17, 15) is 31.9 Å². The van der Waals surface area contributed by atoms with Gasteiger partial charge in [0.05, 0.1) is 43.8 Å². The third-order valence-corrected chi connectivity index (χ3v) is 6.54. The first-order valence-corrected chi connectivity index (χ1v) is 13.3. The van der Waals surface area contributed by atoms with Gasteiger partial charge in [-0.3, -0.25) is 14.4 Å². The lowest BCUT2D eigenvalue weighted by Gasteiger charge is -2.28. The summed E-state index contributed by atoms with van der Waals surface area (Å²) in [5.74, 6) is -3.22. The van der Waals surface area contributed by atoms with E-state index in [1.165, 1.54) is 31.4 Å². The number of benzene rings is 1. The standard InChI is InChI=1S/C29H28F4N6O6/c1-16(39-10-11-45-15-24(39)40)6-8-34-26-25(22(43-2)7-9-35-26)28(42)38-21-14-36-23(44-3)13-18(21)27(41)37-17-4-5-20(30)19(12-17)29(31,32)33/h4-5,7,9,12-14H,1,6,8,10-11,15H2,2-3H3,(H,34,35)(H,37,41)(H,38,42). The molecule has 3 N–H and O–H groups in total. The lowest BCUT2D eigenvalue weighted by molar-refractivity contribution is -0.140. The molecule has 3 heterocycles. The minimum absolute atomic E-state index is 0.0338. The Morgan fingerprint density at radius 1 is 1.09 bits per heavy atom. The Morgan fingerprint density at radius 2 is 1.87 bits per heavy atom. The SMILES string of the molecule is C=C(CCNc1nccc(OC)c1C(=O)Nc1cnc(OC)cc1C(=O)Nc1ccc(F)c(C(F)(F)F)c1)N1CCOCC1=O. The van der Waals surface area contributed by atoms with E-state index in [0.717, 1.165) is 18.3 Å². The normalized spacial score (nSPS) is 13.2. The van der Waals surface area contributed by atoms with Crippen LogP contribution in [0.15, 0.2) is 55.0 Å². The number of pyridine rings is 2. The number of morpholine rings is 1. The van der Waals surface area contributed by atoms with E-state index in [2.05, 4.69) is 32.5 Å². The summed E-state index contributed by atoms with van der Waals surface area (Å²) in [4.78, 5) is 48.6. The maximum absolute atomic E-state index is 13.8. The summed E-state index contributed by atoms with van der Waals surface area (Å²) in [5, 5.41) is 7.86. The highest BCUT2D eigenvalue weighted by Crippen LogP contribution is 2.33. The Balaban J connectivity index is 1.56. The summed E-state index contributed by atoms with van der Waals surface area (Å²) in [6.07, 6.45) is -2.13. The maximum Gasteiger partial charge on any atom is 0.419 e. The number of ether oxygens (including phenoxy) is 3. The minimum Gasteiger partial charge on any atom is -0.496 e. The summed E-state index contributed by atoms with van der Waals surface area (Å²) in [5.41, 5.74) is -1.76. The zero-order valence-electron chi connectivity index (χ0n) is 24.1. The van der Waals surface area contributed by atoms with Gasteiger partial charge in [0, 0.05) is 43.2 Å². The van der Waals surface area contributed by atoms with Crippen LogP contribution in [0, 0.1) is 5.82 Å². The van der Waals surface area contributed by atoms with Crippen molar-refractivity contribution in [3.63, 3.8) is 0 Å². The molecule has 0 unspecified atom stereocenters. The molecule has 45 heavy (non-hydrogen) atoms. The van der Waals surface area contributed by atoms with E-state index in [1.54, 1.807) is 0 Å². The first kappa shape index (κ1) is 32.7. The molecule has 2 aromatic heterocycles. The van der Waals surface area contributed by atoms with Crippen LogP contribution in [0.5, 0.6) is 11.6 Å². The zero-order chi connectivity index (χ0) is 32.7. The number of rotatable bonds is 11. The topological polar surface area (TPSA) is 144 Å². The smallest absolute Gasteiger partial charge is 0.419 e. The van der Waals surface area contributed by atoms with Gasteiger partial charge in [0.1, 0.15) is 29.6 Å². The molecule has 1 aliphatic rings. The quantitative estimate of drug-likeness (QED) is 0.263. The molecular weight excluding hydrogens is 604 g/mol. The first-order chi connectivity index (χ1) is 21.4. The van der Waals surface area contributed by atoms with E-state index in [-0.39, 0.29) is 59.0 Å². The Hall–Kier alpha value is -5.25. The van der Waals surface area contributed by atoms with Crippen LogP contribution in [0.3, 0.4) is 0 Å². The monoisotopic (exact) mass is 632 g/mol. The average Bonchev–Trinajstić information content (AvgIpc) is 3.01. The second-order valence-electron chi connectivity index (χ2n) is 9.45. The van der Waals surface area contributed by atoms with Crippen LogP contribution in [0.2, 0.25) is 0 Å². The number of hydrogen-bond acceptors (Lipinski definition) is 9. The van der Waals surface area contributed by atoms with Crippen molar-refractivity contribution in [1.29, 1.82) is 0 Å². The van der Waals surface area contributed by atoms with Crippen molar-refractivity contribution in [2.24, 2.45) is 0 Å². The molecular formula is C29H28F4N6O6. The third-order valence-electron chi connectivity index (χ3n) is 6.54. The van der Waals surface area contributed by atoms with E-state index < -0.39 is 29.4 Å². The number of nitrogens with one attached hydrogen (secondary N) is 3. The van der Waals surface area contributed by atoms with Crippen LogP contribution in [-0.4, -0.2) is 73.1 Å². The molecule has 3 aromatic rings. The molecule has 0 bridgehead atoms. The van der Waals surface area contributed by atoms with Crippen molar-refractivity contribution in [2.75, 3.05) is 56.5 Å². The molecule has 1 fully saturated rings. The van der Waals surface area contributed by atoms with E-state index >= 15 is 0 Å². The molecule has 0 aliphatic carbocycles. The van der Waals surface area contributed by atoms with Gasteiger partial charge in [-0.2, -0.15) is 13.2 Å². The fourth-order valence-corrected chi connectivity index (χ4v) is 4.32. The highest BCUT2D eigenvalue weighted by atomic mass is 19.4. The average molecular weight is 633 g/mol. The molecule has 1 saturated heterocycles. The number of amides is 3. The van der Waals surface area contributed by atoms with Gasteiger partial charge in [-0.15, -0.1) is 0 Å². The van der Waals surface area contributed by atoms with Gasteiger partial charge in [0.25, 0.3) is 17.7 Å². The van der Waals surface area contributed by atoms with Crippen LogP contribution >= 0.6 is 0 Å². The lowest BCUT2D eigenvalue weighted by Crippen LogP contribution is -2.40. The van der Waals surface area contributed by atoms with Gasteiger partial charge < -0.3 is 35.1 Å². The van der Waals surface area contributed by atoms with Gasteiger partial charge in [-0.1, -0.05) is 6.58 Å². The molecule has 4 rings (SSSR count). The number of halogens is 4. The molecule has 1 aliphatic heterocycles. The predicted octanol–water partition coefficient (Wildman–Crippen LogP) is 4.33. The lowest BCUT2D eigenvalue weighted by atomic mass is 10.1. The van der Waals surface area contributed by atoms with Gasteiger partial charge in [0.15, 0.2) is 0 Å². The molecule has 0 radical (unpaired) electrons. The van der Waals surface area contributed by atoms with Gasteiger partial charge in [-0.05, 0) is 24.3 Å². The Bertz CT molecular complexity index is 1620.